The first kappa shape index (κ1) is 19.6. The molecule has 2 aromatic heterocycles. The molecule has 0 saturated heterocycles. The molecule has 0 bridgehead atoms. The second kappa shape index (κ2) is 7.97. The fourth-order valence-electron chi connectivity index (χ4n) is 3.08. The van der Waals surface area contributed by atoms with Crippen LogP contribution in [0, 0.1) is 6.92 Å². The summed E-state index contributed by atoms with van der Waals surface area (Å²) in [4.78, 5) is 17.5. The van der Waals surface area contributed by atoms with E-state index in [-0.39, 0.29) is 5.56 Å². The highest BCUT2D eigenvalue weighted by Gasteiger charge is 2.11. The average molecular weight is 471 g/mol. The van der Waals surface area contributed by atoms with E-state index in [1.807, 2.05) is 50.2 Å². The molecule has 0 unspecified atom stereocenters. The zero-order valence-electron chi connectivity index (χ0n) is 15.8. The van der Waals surface area contributed by atoms with Crippen molar-refractivity contribution in [3.8, 4) is 11.3 Å². The minimum absolute atomic E-state index is 0.220. The molecule has 5 nitrogen and oxygen atoms in total. The first-order chi connectivity index (χ1) is 14.0. The van der Waals surface area contributed by atoms with Gasteiger partial charge >= 0.3 is 0 Å². The molecular formula is C22H17BrClN3O2. The second-order valence-corrected chi connectivity index (χ2v) is 7.92. The van der Waals surface area contributed by atoms with Gasteiger partial charge in [-0.3, -0.25) is 4.79 Å². The third-order valence-electron chi connectivity index (χ3n) is 4.58. The van der Waals surface area contributed by atoms with E-state index in [1.54, 1.807) is 12.1 Å². The third kappa shape index (κ3) is 3.91. The van der Waals surface area contributed by atoms with E-state index in [2.05, 4.69) is 26.0 Å². The van der Waals surface area contributed by atoms with Crippen LogP contribution in [0.25, 0.3) is 22.2 Å². The molecule has 0 aliphatic rings. The number of hydrogen-bond donors (Lipinski definition) is 0. The predicted molar refractivity (Wildman–Crippen MR) is 120 cm³/mol. The summed E-state index contributed by atoms with van der Waals surface area (Å²) in [6.07, 6.45) is 2.10. The highest BCUT2D eigenvalue weighted by molar-refractivity contribution is 9.10. The molecule has 29 heavy (non-hydrogen) atoms. The number of aromatic nitrogens is 2. The lowest BCUT2D eigenvalue weighted by Gasteiger charge is -2.07. The quantitative estimate of drug-likeness (QED) is 0.353. The van der Waals surface area contributed by atoms with Gasteiger partial charge in [-0.05, 0) is 55.0 Å². The zero-order valence-corrected chi connectivity index (χ0v) is 18.2. The maximum absolute atomic E-state index is 12.9. The summed E-state index contributed by atoms with van der Waals surface area (Å²) in [5, 5.41) is 5.50. The second-order valence-electron chi connectivity index (χ2n) is 6.57. The van der Waals surface area contributed by atoms with Crippen LogP contribution in [0.3, 0.4) is 0 Å². The molecule has 4 aromatic rings. The molecule has 2 aromatic carbocycles. The van der Waals surface area contributed by atoms with Crippen LogP contribution >= 0.6 is 27.5 Å². The van der Waals surface area contributed by atoms with Crippen LogP contribution in [0.15, 0.2) is 67.3 Å². The van der Waals surface area contributed by atoms with Crippen molar-refractivity contribution in [2.75, 3.05) is 0 Å². The number of aryl methyl sites for hydroxylation is 2. The number of fused-ring (bicyclic) bond motifs is 1. The van der Waals surface area contributed by atoms with Gasteiger partial charge in [0.15, 0.2) is 0 Å². The van der Waals surface area contributed by atoms with Gasteiger partial charge in [0.25, 0.3) is 5.56 Å². The van der Waals surface area contributed by atoms with Gasteiger partial charge in [-0.1, -0.05) is 40.5 Å². The van der Waals surface area contributed by atoms with Crippen molar-refractivity contribution in [3.05, 3.63) is 85.5 Å². The van der Waals surface area contributed by atoms with Crippen LogP contribution in [0.4, 0.5) is 0 Å². The summed E-state index contributed by atoms with van der Waals surface area (Å²) in [5.74, 6) is 1.80. The van der Waals surface area contributed by atoms with E-state index in [0.717, 1.165) is 15.6 Å². The lowest BCUT2D eigenvalue weighted by Crippen LogP contribution is -2.22. The van der Waals surface area contributed by atoms with Crippen LogP contribution < -0.4 is 5.56 Å². The number of nitrogens with zero attached hydrogens (tertiary/aromatic N) is 3. The molecule has 0 aliphatic carbocycles. The number of furan rings is 1. The molecular weight excluding hydrogens is 454 g/mol. The molecule has 0 saturated carbocycles. The van der Waals surface area contributed by atoms with Gasteiger partial charge < -0.3 is 4.42 Å². The summed E-state index contributed by atoms with van der Waals surface area (Å²) >= 11 is 9.51. The predicted octanol–water partition coefficient (Wildman–Crippen LogP) is 5.83. The van der Waals surface area contributed by atoms with Gasteiger partial charge in [0, 0.05) is 21.5 Å². The van der Waals surface area contributed by atoms with Gasteiger partial charge in [-0.2, -0.15) is 9.78 Å². The SMILES string of the molecule is CCc1nc2ccc(Br)cc2c(=O)n1N=Cc1ccc(-c2cc(Cl)ccc2C)o1. The van der Waals surface area contributed by atoms with Crippen LogP contribution in [-0.2, 0) is 6.42 Å². The largest absolute Gasteiger partial charge is 0.455 e. The Labute approximate surface area is 180 Å². The number of benzene rings is 2. The molecule has 7 heteroatoms. The smallest absolute Gasteiger partial charge is 0.282 e. The molecule has 146 valence electrons. The van der Waals surface area contributed by atoms with Gasteiger partial charge in [0.05, 0.1) is 17.1 Å². The van der Waals surface area contributed by atoms with Crippen molar-refractivity contribution in [3.63, 3.8) is 0 Å². The fourth-order valence-corrected chi connectivity index (χ4v) is 3.62. The molecule has 0 N–H and O–H groups in total. The van der Waals surface area contributed by atoms with Crippen molar-refractivity contribution in [1.29, 1.82) is 0 Å². The maximum Gasteiger partial charge on any atom is 0.282 e. The maximum atomic E-state index is 12.9. The van der Waals surface area contributed by atoms with Crippen LogP contribution in [0.1, 0.15) is 24.1 Å². The minimum Gasteiger partial charge on any atom is -0.455 e. The minimum atomic E-state index is -0.220. The monoisotopic (exact) mass is 469 g/mol. The van der Waals surface area contributed by atoms with E-state index in [0.29, 0.717) is 39.7 Å². The first-order valence-electron chi connectivity index (χ1n) is 9.08. The number of hydrogen-bond acceptors (Lipinski definition) is 4. The molecule has 0 spiro atoms. The lowest BCUT2D eigenvalue weighted by molar-refractivity contribution is 0.573. The molecule has 0 atom stereocenters. The van der Waals surface area contributed by atoms with Crippen molar-refractivity contribution in [1.82, 2.24) is 9.66 Å². The Kier molecular flexibility index (Phi) is 5.39. The van der Waals surface area contributed by atoms with Crippen molar-refractivity contribution < 1.29 is 4.42 Å². The average Bonchev–Trinajstić information content (AvgIpc) is 3.18. The van der Waals surface area contributed by atoms with Gasteiger partial charge in [-0.15, -0.1) is 0 Å². The topological polar surface area (TPSA) is 60.4 Å². The number of halogens is 2. The lowest BCUT2D eigenvalue weighted by atomic mass is 10.1. The normalized spacial score (nSPS) is 11.6. The van der Waals surface area contributed by atoms with E-state index < -0.39 is 0 Å². The molecule has 0 aliphatic heterocycles. The first-order valence-corrected chi connectivity index (χ1v) is 10.3. The molecule has 4 rings (SSSR count). The zero-order chi connectivity index (χ0) is 20.5. The Morgan fingerprint density at radius 3 is 2.83 bits per heavy atom. The highest BCUT2D eigenvalue weighted by atomic mass is 79.9. The van der Waals surface area contributed by atoms with Crippen LogP contribution in [-0.4, -0.2) is 15.9 Å². The summed E-state index contributed by atoms with van der Waals surface area (Å²) in [6.45, 7) is 3.93. The Morgan fingerprint density at radius 1 is 1.21 bits per heavy atom. The van der Waals surface area contributed by atoms with E-state index >= 15 is 0 Å². The van der Waals surface area contributed by atoms with Crippen molar-refractivity contribution in [2.45, 2.75) is 20.3 Å². The van der Waals surface area contributed by atoms with Gasteiger partial charge in [0.1, 0.15) is 17.3 Å². The highest BCUT2D eigenvalue weighted by Crippen LogP contribution is 2.28. The number of rotatable bonds is 4. The van der Waals surface area contributed by atoms with E-state index in [1.165, 1.54) is 10.9 Å². The molecule has 2 heterocycles. The van der Waals surface area contributed by atoms with E-state index in [9.17, 15) is 4.79 Å². The van der Waals surface area contributed by atoms with Crippen LogP contribution in [0.5, 0.6) is 0 Å². The summed E-state index contributed by atoms with van der Waals surface area (Å²) in [6, 6.07) is 14.8. The Balaban J connectivity index is 1.74. The summed E-state index contributed by atoms with van der Waals surface area (Å²) in [5.41, 5.74) is 2.40. The van der Waals surface area contributed by atoms with E-state index in [4.69, 9.17) is 16.0 Å². The Morgan fingerprint density at radius 2 is 2.03 bits per heavy atom. The van der Waals surface area contributed by atoms with Gasteiger partial charge in [0.2, 0.25) is 0 Å². The molecule has 0 fully saturated rings. The fraction of sp³-hybridized carbons (Fsp3) is 0.136. The van der Waals surface area contributed by atoms with Crippen molar-refractivity contribution in [2.24, 2.45) is 5.10 Å². The molecule has 0 radical (unpaired) electrons. The standard InChI is InChI=1S/C22H17BrClN3O2/c1-3-21-26-19-8-5-14(23)10-18(19)22(28)27(21)25-12-16-7-9-20(29-16)17-11-15(24)6-4-13(17)2/h4-12H,3H2,1-2H3. The Bertz CT molecular complexity index is 1310. The van der Waals surface area contributed by atoms with Crippen LogP contribution in [0.2, 0.25) is 5.02 Å². The Hall–Kier alpha value is -2.70. The van der Waals surface area contributed by atoms with Crippen molar-refractivity contribution >= 4 is 44.6 Å². The van der Waals surface area contributed by atoms with Gasteiger partial charge in [-0.25, -0.2) is 4.98 Å². The third-order valence-corrected chi connectivity index (χ3v) is 5.31. The summed E-state index contributed by atoms with van der Waals surface area (Å²) < 4.78 is 8.03. The molecule has 0 amide bonds. The summed E-state index contributed by atoms with van der Waals surface area (Å²) in [7, 11) is 0.